The van der Waals surface area contributed by atoms with Crippen LogP contribution in [0.5, 0.6) is 5.75 Å². The maximum atomic E-state index is 5.22. The molecule has 0 spiro atoms. The highest BCUT2D eigenvalue weighted by Gasteiger charge is 2.08. The summed E-state index contributed by atoms with van der Waals surface area (Å²) in [4.78, 5) is 0. The summed E-state index contributed by atoms with van der Waals surface area (Å²) in [5, 5.41) is 7.07. The second-order valence-corrected chi connectivity index (χ2v) is 4.51. The number of nitrogens with one attached hydrogen (secondary N) is 1. The molecule has 0 saturated carbocycles. The molecule has 1 heterocycles. The minimum Gasteiger partial charge on any atom is -0.497 e. The van der Waals surface area contributed by atoms with Gasteiger partial charge in [0.2, 0.25) is 0 Å². The lowest BCUT2D eigenvalue weighted by Gasteiger charge is -2.07. The van der Waals surface area contributed by atoms with Crippen molar-refractivity contribution in [3.63, 3.8) is 0 Å². The molecule has 1 N–H and O–H groups in total. The van der Waals surface area contributed by atoms with E-state index in [9.17, 15) is 0 Å². The van der Waals surface area contributed by atoms with Crippen LogP contribution in [0.15, 0.2) is 36.4 Å². The standard InChI is InChI=1S/C13H15N3OS/c1-9(2)8-16-12(14-15-13(16)18)10-4-6-11(17-3)7-5-10/h4-7H,1,8H2,2-3H3,(H,15,18). The zero-order valence-electron chi connectivity index (χ0n) is 10.4. The van der Waals surface area contributed by atoms with Crippen LogP contribution < -0.4 is 4.74 Å². The van der Waals surface area contributed by atoms with Crippen molar-refractivity contribution in [1.82, 2.24) is 14.8 Å². The van der Waals surface area contributed by atoms with Gasteiger partial charge in [-0.15, -0.1) is 0 Å². The number of benzene rings is 1. The summed E-state index contributed by atoms with van der Waals surface area (Å²) in [5.74, 6) is 1.63. The number of allylic oxidation sites excluding steroid dienone is 1. The zero-order valence-corrected chi connectivity index (χ0v) is 11.3. The Morgan fingerprint density at radius 2 is 2.11 bits per heavy atom. The number of rotatable bonds is 4. The molecule has 0 radical (unpaired) electrons. The van der Waals surface area contributed by atoms with E-state index in [2.05, 4.69) is 16.8 Å². The molecule has 0 aliphatic carbocycles. The summed E-state index contributed by atoms with van der Waals surface area (Å²) in [7, 11) is 1.64. The third-order valence-corrected chi connectivity index (χ3v) is 2.85. The number of aromatic nitrogens is 3. The van der Waals surface area contributed by atoms with Crippen molar-refractivity contribution < 1.29 is 4.74 Å². The predicted octanol–water partition coefficient (Wildman–Crippen LogP) is 3.19. The number of aromatic amines is 1. The highest BCUT2D eigenvalue weighted by molar-refractivity contribution is 7.71. The lowest BCUT2D eigenvalue weighted by Crippen LogP contribution is -2.01. The fourth-order valence-electron chi connectivity index (χ4n) is 1.69. The number of hydrogen-bond donors (Lipinski definition) is 1. The number of methoxy groups -OCH3 is 1. The molecular weight excluding hydrogens is 246 g/mol. The Hall–Kier alpha value is -1.88. The van der Waals surface area contributed by atoms with Crippen molar-refractivity contribution in [2.24, 2.45) is 0 Å². The average Bonchev–Trinajstić information content (AvgIpc) is 2.71. The van der Waals surface area contributed by atoms with E-state index < -0.39 is 0 Å². The van der Waals surface area contributed by atoms with Gasteiger partial charge in [0.1, 0.15) is 5.75 Å². The summed E-state index contributed by atoms with van der Waals surface area (Å²) in [6, 6.07) is 7.72. The first-order chi connectivity index (χ1) is 8.61. The van der Waals surface area contributed by atoms with Crippen molar-refractivity contribution in [1.29, 1.82) is 0 Å². The number of ether oxygens (including phenoxy) is 1. The van der Waals surface area contributed by atoms with Gasteiger partial charge < -0.3 is 4.74 Å². The molecule has 0 amide bonds. The third kappa shape index (κ3) is 2.51. The molecule has 0 fully saturated rings. The number of nitrogens with zero attached hydrogens (tertiary/aromatic N) is 2. The molecule has 94 valence electrons. The first-order valence-corrected chi connectivity index (χ1v) is 5.96. The SMILES string of the molecule is C=C(C)Cn1c(-c2ccc(OC)cc2)n[nH]c1=S. The number of H-pyrrole nitrogens is 1. The van der Waals surface area contributed by atoms with Gasteiger partial charge in [0.15, 0.2) is 10.6 Å². The van der Waals surface area contributed by atoms with Crippen LogP contribution in [0.2, 0.25) is 0 Å². The molecule has 0 bridgehead atoms. The van der Waals surface area contributed by atoms with Crippen LogP contribution in [-0.4, -0.2) is 21.9 Å². The molecule has 2 rings (SSSR count). The lowest BCUT2D eigenvalue weighted by molar-refractivity contribution is 0.415. The molecule has 18 heavy (non-hydrogen) atoms. The smallest absolute Gasteiger partial charge is 0.195 e. The Morgan fingerprint density at radius 1 is 1.44 bits per heavy atom. The van der Waals surface area contributed by atoms with Crippen LogP contribution in [-0.2, 0) is 6.54 Å². The maximum absolute atomic E-state index is 5.22. The van der Waals surface area contributed by atoms with Gasteiger partial charge in [-0.25, -0.2) is 0 Å². The molecule has 5 heteroatoms. The Morgan fingerprint density at radius 3 is 2.67 bits per heavy atom. The lowest BCUT2D eigenvalue weighted by atomic mass is 10.2. The molecule has 1 aromatic carbocycles. The van der Waals surface area contributed by atoms with E-state index in [0.717, 1.165) is 22.7 Å². The quantitative estimate of drug-likeness (QED) is 0.679. The van der Waals surface area contributed by atoms with Gasteiger partial charge in [0, 0.05) is 12.1 Å². The molecule has 0 aliphatic rings. The van der Waals surface area contributed by atoms with Crippen molar-refractivity contribution in [2.45, 2.75) is 13.5 Å². The summed E-state index contributed by atoms with van der Waals surface area (Å²) in [6.07, 6.45) is 0. The molecule has 0 atom stereocenters. The minimum atomic E-state index is 0.601. The van der Waals surface area contributed by atoms with Crippen molar-refractivity contribution in [2.75, 3.05) is 7.11 Å². The van der Waals surface area contributed by atoms with Gasteiger partial charge in [0.05, 0.1) is 7.11 Å². The highest BCUT2D eigenvalue weighted by atomic mass is 32.1. The Labute approximate surface area is 111 Å². The molecule has 0 unspecified atom stereocenters. The largest absolute Gasteiger partial charge is 0.497 e. The van der Waals surface area contributed by atoms with E-state index in [0.29, 0.717) is 11.3 Å². The van der Waals surface area contributed by atoms with Gasteiger partial charge in [-0.2, -0.15) is 5.10 Å². The topological polar surface area (TPSA) is 42.8 Å². The summed E-state index contributed by atoms with van der Waals surface area (Å²) >= 11 is 5.22. The molecule has 2 aromatic rings. The van der Waals surface area contributed by atoms with Crippen molar-refractivity contribution in [3.8, 4) is 17.1 Å². The van der Waals surface area contributed by atoms with Crippen LogP contribution in [0.25, 0.3) is 11.4 Å². The second kappa shape index (κ2) is 5.18. The van der Waals surface area contributed by atoms with E-state index in [1.807, 2.05) is 35.8 Å². The van der Waals surface area contributed by atoms with E-state index in [1.54, 1.807) is 7.11 Å². The summed E-state index contributed by atoms with van der Waals surface area (Å²) in [6.45, 7) is 6.53. The van der Waals surface area contributed by atoms with Crippen LogP contribution in [0.4, 0.5) is 0 Å². The molecule has 0 saturated heterocycles. The monoisotopic (exact) mass is 261 g/mol. The van der Waals surface area contributed by atoms with E-state index in [1.165, 1.54) is 0 Å². The third-order valence-electron chi connectivity index (χ3n) is 2.53. The van der Waals surface area contributed by atoms with E-state index >= 15 is 0 Å². The van der Waals surface area contributed by atoms with Crippen molar-refractivity contribution in [3.05, 3.63) is 41.2 Å². The Balaban J connectivity index is 2.43. The minimum absolute atomic E-state index is 0.601. The van der Waals surface area contributed by atoms with Crippen LogP contribution in [0, 0.1) is 4.77 Å². The van der Waals surface area contributed by atoms with Gasteiger partial charge in [-0.3, -0.25) is 9.67 Å². The predicted molar refractivity (Wildman–Crippen MR) is 74.2 cm³/mol. The second-order valence-electron chi connectivity index (χ2n) is 4.12. The molecule has 1 aromatic heterocycles. The van der Waals surface area contributed by atoms with Crippen LogP contribution in [0.3, 0.4) is 0 Å². The molecular formula is C13H15N3OS. The first kappa shape index (κ1) is 12.6. The van der Waals surface area contributed by atoms with E-state index in [4.69, 9.17) is 17.0 Å². The first-order valence-electron chi connectivity index (χ1n) is 5.56. The Bertz CT molecular complexity index is 610. The summed E-state index contributed by atoms with van der Waals surface area (Å²) in [5.41, 5.74) is 2.02. The average molecular weight is 261 g/mol. The van der Waals surface area contributed by atoms with Gasteiger partial charge in [-0.05, 0) is 43.4 Å². The van der Waals surface area contributed by atoms with Gasteiger partial charge >= 0.3 is 0 Å². The Kier molecular flexibility index (Phi) is 3.62. The van der Waals surface area contributed by atoms with Gasteiger partial charge in [0.25, 0.3) is 0 Å². The van der Waals surface area contributed by atoms with E-state index in [-0.39, 0.29) is 0 Å². The molecule has 4 nitrogen and oxygen atoms in total. The number of hydrogen-bond acceptors (Lipinski definition) is 3. The fraction of sp³-hybridized carbons (Fsp3) is 0.231. The van der Waals surface area contributed by atoms with Crippen molar-refractivity contribution >= 4 is 12.2 Å². The normalized spacial score (nSPS) is 10.3. The fourth-order valence-corrected chi connectivity index (χ4v) is 1.89. The van der Waals surface area contributed by atoms with Gasteiger partial charge in [-0.1, -0.05) is 12.2 Å². The molecule has 0 aliphatic heterocycles. The summed E-state index contributed by atoms with van der Waals surface area (Å²) < 4.78 is 7.67. The zero-order chi connectivity index (χ0) is 13.1. The maximum Gasteiger partial charge on any atom is 0.195 e. The van der Waals surface area contributed by atoms with Crippen LogP contribution >= 0.6 is 12.2 Å². The highest BCUT2D eigenvalue weighted by Crippen LogP contribution is 2.21. The van der Waals surface area contributed by atoms with Crippen LogP contribution in [0.1, 0.15) is 6.92 Å².